The quantitative estimate of drug-likeness (QED) is 0.567. The van der Waals surface area contributed by atoms with Gasteiger partial charge >= 0.3 is 5.97 Å². The van der Waals surface area contributed by atoms with E-state index in [4.69, 9.17) is 5.11 Å². The van der Waals surface area contributed by atoms with Crippen molar-refractivity contribution < 1.29 is 14.7 Å². The monoisotopic (exact) mass is 333 g/mol. The fourth-order valence-electron chi connectivity index (χ4n) is 2.43. The van der Waals surface area contributed by atoms with Crippen LogP contribution in [0.15, 0.2) is 59.7 Å². The summed E-state index contributed by atoms with van der Waals surface area (Å²) in [4.78, 5) is 27.6. The number of rotatable bonds is 4. The van der Waals surface area contributed by atoms with Crippen LogP contribution in [0.4, 0.5) is 0 Å². The van der Waals surface area contributed by atoms with Gasteiger partial charge in [-0.3, -0.25) is 9.78 Å². The molecule has 0 saturated heterocycles. The molecule has 1 heterocycles. The SMILES string of the molecule is Cc1cc(C(=O)N/N=C/c2ccc(C(=O)O)cc2)c2ccccc2n1. The molecule has 1 amide bonds. The zero-order valence-electron chi connectivity index (χ0n) is 13.4. The van der Waals surface area contributed by atoms with Gasteiger partial charge in [0.05, 0.1) is 22.9 Å². The van der Waals surface area contributed by atoms with Crippen LogP contribution in [0.2, 0.25) is 0 Å². The molecule has 0 aliphatic heterocycles. The number of nitrogens with one attached hydrogen (secondary N) is 1. The number of aromatic carboxylic acids is 1. The number of hydrogen-bond donors (Lipinski definition) is 2. The molecule has 1 aromatic heterocycles. The van der Waals surface area contributed by atoms with E-state index in [0.717, 1.165) is 16.6 Å². The van der Waals surface area contributed by atoms with Crippen LogP contribution in [0.25, 0.3) is 10.9 Å². The Morgan fingerprint density at radius 2 is 1.84 bits per heavy atom. The molecule has 6 nitrogen and oxygen atoms in total. The molecule has 0 aliphatic carbocycles. The Kier molecular flexibility index (Phi) is 4.52. The van der Waals surface area contributed by atoms with E-state index in [0.29, 0.717) is 11.1 Å². The normalized spacial score (nSPS) is 10.9. The predicted molar refractivity (Wildman–Crippen MR) is 94.9 cm³/mol. The molecule has 0 fully saturated rings. The van der Waals surface area contributed by atoms with Crippen molar-refractivity contribution >= 4 is 29.0 Å². The van der Waals surface area contributed by atoms with E-state index in [1.807, 2.05) is 31.2 Å². The van der Waals surface area contributed by atoms with Crippen molar-refractivity contribution in [3.63, 3.8) is 0 Å². The van der Waals surface area contributed by atoms with Crippen LogP contribution in [0, 0.1) is 6.92 Å². The summed E-state index contributed by atoms with van der Waals surface area (Å²) in [7, 11) is 0. The van der Waals surface area contributed by atoms with E-state index in [9.17, 15) is 9.59 Å². The van der Waals surface area contributed by atoms with Crippen molar-refractivity contribution in [1.29, 1.82) is 0 Å². The minimum atomic E-state index is -0.989. The van der Waals surface area contributed by atoms with Crippen LogP contribution < -0.4 is 5.43 Å². The molecule has 0 atom stereocenters. The Hall–Kier alpha value is -3.54. The first-order valence-electron chi connectivity index (χ1n) is 7.58. The maximum absolute atomic E-state index is 12.4. The molecule has 124 valence electrons. The maximum atomic E-state index is 12.4. The fraction of sp³-hybridized carbons (Fsp3) is 0.0526. The van der Waals surface area contributed by atoms with E-state index < -0.39 is 5.97 Å². The number of carbonyl (C=O) groups is 2. The lowest BCUT2D eigenvalue weighted by molar-refractivity contribution is 0.0696. The van der Waals surface area contributed by atoms with Crippen molar-refractivity contribution in [3.05, 3.63) is 77.0 Å². The number of aryl methyl sites for hydroxylation is 1. The van der Waals surface area contributed by atoms with Crippen molar-refractivity contribution in [3.8, 4) is 0 Å². The molecule has 3 rings (SSSR count). The lowest BCUT2D eigenvalue weighted by atomic mass is 10.1. The molecule has 0 saturated carbocycles. The first kappa shape index (κ1) is 16.3. The molecule has 0 aliphatic rings. The van der Waals surface area contributed by atoms with Gasteiger partial charge in [-0.15, -0.1) is 0 Å². The van der Waals surface area contributed by atoms with E-state index in [-0.39, 0.29) is 11.5 Å². The second kappa shape index (κ2) is 6.92. The van der Waals surface area contributed by atoms with Crippen molar-refractivity contribution in [2.24, 2.45) is 5.10 Å². The summed E-state index contributed by atoms with van der Waals surface area (Å²) in [6.45, 7) is 1.83. The zero-order valence-corrected chi connectivity index (χ0v) is 13.4. The molecular weight excluding hydrogens is 318 g/mol. The van der Waals surface area contributed by atoms with Gasteiger partial charge in [0.15, 0.2) is 0 Å². The molecule has 0 spiro atoms. The van der Waals surface area contributed by atoms with Gasteiger partial charge in [0.2, 0.25) is 0 Å². The highest BCUT2D eigenvalue weighted by Crippen LogP contribution is 2.18. The third-order valence-corrected chi connectivity index (χ3v) is 3.63. The number of aromatic nitrogens is 1. The van der Waals surface area contributed by atoms with E-state index >= 15 is 0 Å². The predicted octanol–water partition coefficient (Wildman–Crippen LogP) is 3.01. The minimum Gasteiger partial charge on any atom is -0.478 e. The maximum Gasteiger partial charge on any atom is 0.335 e. The number of carboxylic acids is 1. The molecule has 0 bridgehead atoms. The second-order valence-electron chi connectivity index (χ2n) is 5.45. The molecular formula is C19H15N3O3. The second-order valence-corrected chi connectivity index (χ2v) is 5.45. The van der Waals surface area contributed by atoms with Crippen LogP contribution >= 0.6 is 0 Å². The van der Waals surface area contributed by atoms with Crippen LogP contribution in [0.3, 0.4) is 0 Å². The largest absolute Gasteiger partial charge is 0.478 e. The van der Waals surface area contributed by atoms with Crippen molar-refractivity contribution in [2.45, 2.75) is 6.92 Å². The number of pyridine rings is 1. The van der Waals surface area contributed by atoms with Crippen LogP contribution in [-0.4, -0.2) is 28.2 Å². The molecule has 2 N–H and O–H groups in total. The topological polar surface area (TPSA) is 91.7 Å². The zero-order chi connectivity index (χ0) is 17.8. The van der Waals surface area contributed by atoms with Crippen molar-refractivity contribution in [2.75, 3.05) is 0 Å². The Morgan fingerprint density at radius 3 is 2.56 bits per heavy atom. The Labute approximate surface area is 143 Å². The highest BCUT2D eigenvalue weighted by molar-refractivity contribution is 6.06. The van der Waals surface area contributed by atoms with Gasteiger partial charge in [0.1, 0.15) is 0 Å². The smallest absolute Gasteiger partial charge is 0.335 e. The Bertz CT molecular complexity index is 979. The van der Waals surface area contributed by atoms with E-state index in [1.165, 1.54) is 18.3 Å². The number of carbonyl (C=O) groups excluding carboxylic acids is 1. The Morgan fingerprint density at radius 1 is 1.12 bits per heavy atom. The summed E-state index contributed by atoms with van der Waals surface area (Å²) < 4.78 is 0. The van der Waals surface area contributed by atoms with E-state index in [2.05, 4.69) is 15.5 Å². The first-order valence-corrected chi connectivity index (χ1v) is 7.58. The molecule has 0 radical (unpaired) electrons. The summed E-state index contributed by atoms with van der Waals surface area (Å²) >= 11 is 0. The summed E-state index contributed by atoms with van der Waals surface area (Å²) in [5, 5.41) is 13.6. The van der Waals surface area contributed by atoms with Crippen LogP contribution in [0.5, 0.6) is 0 Å². The summed E-state index contributed by atoms with van der Waals surface area (Å²) in [5.41, 5.74) is 5.37. The molecule has 3 aromatic rings. The number of nitrogens with zero attached hydrogens (tertiary/aromatic N) is 2. The molecule has 2 aromatic carbocycles. The fourth-order valence-corrected chi connectivity index (χ4v) is 2.43. The number of amides is 1. The standard InChI is InChI=1S/C19H15N3O3/c1-12-10-16(15-4-2-3-5-17(15)21-12)18(23)22-20-11-13-6-8-14(9-7-13)19(24)25/h2-11H,1H3,(H,22,23)(H,24,25)/b20-11+. The number of carboxylic acid groups (broad SMARTS) is 1. The van der Waals surface area contributed by atoms with Gasteiger partial charge in [-0.2, -0.15) is 5.10 Å². The van der Waals surface area contributed by atoms with Crippen LogP contribution in [-0.2, 0) is 0 Å². The third-order valence-electron chi connectivity index (χ3n) is 3.63. The minimum absolute atomic E-state index is 0.194. The van der Waals surface area contributed by atoms with Gasteiger partial charge in [0.25, 0.3) is 5.91 Å². The number of para-hydroxylation sites is 1. The Balaban J connectivity index is 1.78. The summed E-state index contributed by atoms with van der Waals surface area (Å²) in [6, 6.07) is 15.3. The number of hydrazone groups is 1. The average Bonchev–Trinajstić information content (AvgIpc) is 2.61. The van der Waals surface area contributed by atoms with E-state index in [1.54, 1.807) is 18.2 Å². The molecule has 6 heteroatoms. The number of benzene rings is 2. The molecule has 25 heavy (non-hydrogen) atoms. The van der Waals surface area contributed by atoms with Gasteiger partial charge in [0, 0.05) is 11.1 Å². The first-order chi connectivity index (χ1) is 12.0. The summed E-state index contributed by atoms with van der Waals surface area (Å²) in [5.74, 6) is -1.32. The molecule has 0 unspecified atom stereocenters. The van der Waals surface area contributed by atoms with Gasteiger partial charge in [-0.05, 0) is 36.8 Å². The summed E-state index contributed by atoms with van der Waals surface area (Å²) in [6.07, 6.45) is 1.46. The highest BCUT2D eigenvalue weighted by atomic mass is 16.4. The van der Waals surface area contributed by atoms with Gasteiger partial charge < -0.3 is 5.11 Å². The average molecular weight is 333 g/mol. The van der Waals surface area contributed by atoms with Gasteiger partial charge in [-0.25, -0.2) is 10.2 Å². The number of fused-ring (bicyclic) bond motifs is 1. The van der Waals surface area contributed by atoms with Crippen molar-refractivity contribution in [1.82, 2.24) is 10.4 Å². The number of hydrogen-bond acceptors (Lipinski definition) is 4. The lowest BCUT2D eigenvalue weighted by Gasteiger charge is -2.06. The third kappa shape index (κ3) is 3.69. The lowest BCUT2D eigenvalue weighted by Crippen LogP contribution is -2.18. The highest BCUT2D eigenvalue weighted by Gasteiger charge is 2.11. The van der Waals surface area contributed by atoms with Gasteiger partial charge in [-0.1, -0.05) is 30.3 Å². The van der Waals surface area contributed by atoms with Crippen LogP contribution in [0.1, 0.15) is 32.0 Å².